The summed E-state index contributed by atoms with van der Waals surface area (Å²) in [6.07, 6.45) is -0.191. The zero-order valence-corrected chi connectivity index (χ0v) is 21.6. The topological polar surface area (TPSA) is 114 Å². The highest BCUT2D eigenvalue weighted by Gasteiger charge is 2.26. The van der Waals surface area contributed by atoms with E-state index in [1.54, 1.807) is 10.4 Å². The number of aromatic nitrogens is 2. The van der Waals surface area contributed by atoms with Crippen molar-refractivity contribution in [2.75, 3.05) is 38.2 Å². The van der Waals surface area contributed by atoms with Crippen LogP contribution in [0, 0.1) is 0 Å². The molecule has 1 fully saturated rings. The third-order valence-electron chi connectivity index (χ3n) is 4.58. The van der Waals surface area contributed by atoms with Gasteiger partial charge in [0, 0.05) is 45.4 Å². The summed E-state index contributed by atoms with van der Waals surface area (Å²) in [6.45, 7) is 5.25. The molecule has 0 unspecified atom stereocenters. The van der Waals surface area contributed by atoms with Gasteiger partial charge < -0.3 is 9.47 Å². The lowest BCUT2D eigenvalue weighted by Crippen LogP contribution is -2.46. The summed E-state index contributed by atoms with van der Waals surface area (Å²) in [5.41, 5.74) is 1.05. The number of hydrogen-bond donors (Lipinski definition) is 1. The van der Waals surface area contributed by atoms with Crippen molar-refractivity contribution in [1.82, 2.24) is 19.4 Å². The Balaban J connectivity index is 1.54. The summed E-state index contributed by atoms with van der Waals surface area (Å²) >= 11 is 14.4. The van der Waals surface area contributed by atoms with Crippen LogP contribution in [0.4, 0.5) is 5.13 Å². The Bertz CT molecular complexity index is 1040. The smallest absolute Gasteiger partial charge is 0.303 e. The number of nitrogens with zero attached hydrogens (tertiary/aromatic N) is 4. The van der Waals surface area contributed by atoms with Crippen LogP contribution in [-0.4, -0.2) is 76.1 Å². The van der Waals surface area contributed by atoms with Crippen molar-refractivity contribution in [3.05, 3.63) is 33.8 Å². The van der Waals surface area contributed by atoms with E-state index in [2.05, 4.69) is 25.2 Å². The van der Waals surface area contributed by atoms with Crippen molar-refractivity contribution in [2.24, 2.45) is 0 Å². The first-order chi connectivity index (χ1) is 16.2. The number of morpholine rings is 1. The van der Waals surface area contributed by atoms with Gasteiger partial charge in [0.05, 0.1) is 29.3 Å². The number of anilines is 1. The minimum Gasteiger partial charge on any atom is -0.456 e. The third-order valence-corrected chi connectivity index (χ3v) is 7.29. The summed E-state index contributed by atoms with van der Waals surface area (Å²) in [6, 6.07) is 5.57. The highest BCUT2D eigenvalue weighted by molar-refractivity contribution is 7.99. The zero-order chi connectivity index (χ0) is 24.7. The van der Waals surface area contributed by atoms with Crippen molar-refractivity contribution >= 4 is 69.4 Å². The van der Waals surface area contributed by atoms with Gasteiger partial charge in [-0.1, -0.05) is 40.6 Å². The number of ether oxygens (including phenoxy) is 2. The maximum Gasteiger partial charge on any atom is 0.303 e. The van der Waals surface area contributed by atoms with Gasteiger partial charge in [0.15, 0.2) is 10.9 Å². The Morgan fingerprint density at radius 1 is 1.29 bits per heavy atom. The Hall–Kier alpha value is -1.96. The molecule has 2 heterocycles. The van der Waals surface area contributed by atoms with Gasteiger partial charge >= 0.3 is 5.97 Å². The van der Waals surface area contributed by atoms with Gasteiger partial charge in [-0.3, -0.25) is 28.9 Å². The van der Waals surface area contributed by atoms with E-state index in [-0.39, 0.29) is 17.1 Å². The molecule has 14 heteroatoms. The second-order valence-corrected chi connectivity index (χ2v) is 10.4. The number of benzene rings is 1. The number of halogens is 2. The van der Waals surface area contributed by atoms with Crippen LogP contribution in [0.2, 0.25) is 10.0 Å². The Labute approximate surface area is 215 Å². The molecule has 3 rings (SSSR count). The summed E-state index contributed by atoms with van der Waals surface area (Å²) in [7, 11) is 0. The van der Waals surface area contributed by atoms with Crippen molar-refractivity contribution in [1.29, 1.82) is 0 Å². The molecule has 1 saturated heterocycles. The monoisotopic (exact) mass is 547 g/mol. The molecule has 2 amide bonds. The fourth-order valence-electron chi connectivity index (χ4n) is 3.06. The molecule has 0 aliphatic carbocycles. The molecule has 1 aromatic heterocycles. The minimum atomic E-state index is -0.554. The standard InChI is InChI=1S/C20H23Cl2N5O5S2/c1-12(28)27(34-20-25-24-19(33-20)23-18(30)11-32-13(2)29)10-15-9-26(5-6-31-15)8-14-3-4-16(21)17(22)7-14/h3-4,7,15H,5-6,8-11H2,1-2H3,(H,23,24,30)/t15-/m0/s1. The number of rotatable bonds is 9. The molecule has 1 aromatic carbocycles. The van der Waals surface area contributed by atoms with Gasteiger partial charge in [0.1, 0.15) is 0 Å². The molecule has 0 bridgehead atoms. The average molecular weight is 548 g/mol. The van der Waals surface area contributed by atoms with E-state index in [0.717, 1.165) is 35.4 Å². The summed E-state index contributed by atoms with van der Waals surface area (Å²) in [5, 5.41) is 11.7. The van der Waals surface area contributed by atoms with Gasteiger partial charge in [-0.2, -0.15) is 0 Å². The fourth-order valence-corrected chi connectivity index (χ4v) is 5.16. The van der Waals surface area contributed by atoms with Crippen LogP contribution in [-0.2, 0) is 30.4 Å². The van der Waals surface area contributed by atoms with E-state index in [1.807, 2.05) is 12.1 Å². The second kappa shape index (κ2) is 12.7. The largest absolute Gasteiger partial charge is 0.456 e. The lowest BCUT2D eigenvalue weighted by atomic mass is 10.2. The first kappa shape index (κ1) is 26.6. The highest BCUT2D eigenvalue weighted by Crippen LogP contribution is 2.29. The Kier molecular flexibility index (Phi) is 9.92. The van der Waals surface area contributed by atoms with E-state index in [1.165, 1.54) is 13.8 Å². The van der Waals surface area contributed by atoms with Gasteiger partial charge in [-0.15, -0.1) is 10.2 Å². The van der Waals surface area contributed by atoms with Crippen molar-refractivity contribution in [2.45, 2.75) is 30.8 Å². The minimum absolute atomic E-state index is 0.161. The molecular formula is C20H23Cl2N5O5S2. The molecule has 34 heavy (non-hydrogen) atoms. The normalized spacial score (nSPS) is 16.2. The Morgan fingerprint density at radius 3 is 2.79 bits per heavy atom. The number of esters is 1. The van der Waals surface area contributed by atoms with Crippen molar-refractivity contribution in [3.63, 3.8) is 0 Å². The van der Waals surface area contributed by atoms with Gasteiger partial charge in [-0.25, -0.2) is 0 Å². The molecular weight excluding hydrogens is 525 g/mol. The van der Waals surface area contributed by atoms with E-state index in [4.69, 9.17) is 27.9 Å². The second-order valence-electron chi connectivity index (χ2n) is 7.35. The Morgan fingerprint density at radius 2 is 2.09 bits per heavy atom. The van der Waals surface area contributed by atoms with Crippen LogP contribution in [0.5, 0.6) is 0 Å². The number of hydrogen-bond acceptors (Lipinski definition) is 10. The SMILES string of the molecule is CC(=O)OCC(=O)Nc1nnc(SN(C[C@@H]2CN(Cc3ccc(Cl)c(Cl)c3)CCO2)C(C)=O)s1. The van der Waals surface area contributed by atoms with Crippen LogP contribution >= 0.6 is 46.5 Å². The van der Waals surface area contributed by atoms with Crippen LogP contribution in [0.1, 0.15) is 19.4 Å². The van der Waals surface area contributed by atoms with Crippen LogP contribution < -0.4 is 5.32 Å². The van der Waals surface area contributed by atoms with Crippen LogP contribution in [0.15, 0.2) is 22.5 Å². The third kappa shape index (κ3) is 8.36. The molecule has 1 aliphatic rings. The molecule has 0 spiro atoms. The number of nitrogens with one attached hydrogen (secondary N) is 1. The number of carbonyl (C=O) groups excluding carboxylic acids is 3. The molecule has 2 aromatic rings. The molecule has 1 N–H and O–H groups in total. The van der Waals surface area contributed by atoms with E-state index < -0.39 is 18.5 Å². The first-order valence-electron chi connectivity index (χ1n) is 10.2. The molecule has 184 valence electrons. The van der Waals surface area contributed by atoms with E-state index >= 15 is 0 Å². The summed E-state index contributed by atoms with van der Waals surface area (Å²) < 4.78 is 12.5. The quantitative estimate of drug-likeness (QED) is 0.287. The summed E-state index contributed by atoms with van der Waals surface area (Å²) in [4.78, 5) is 37.0. The van der Waals surface area contributed by atoms with Gasteiger partial charge in [-0.05, 0) is 17.7 Å². The summed E-state index contributed by atoms with van der Waals surface area (Å²) in [5.74, 6) is -1.24. The van der Waals surface area contributed by atoms with E-state index in [9.17, 15) is 14.4 Å². The predicted molar refractivity (Wildman–Crippen MR) is 130 cm³/mol. The van der Waals surface area contributed by atoms with E-state index in [0.29, 0.717) is 40.6 Å². The zero-order valence-electron chi connectivity index (χ0n) is 18.5. The lowest BCUT2D eigenvalue weighted by Gasteiger charge is -2.35. The molecule has 10 nitrogen and oxygen atoms in total. The molecule has 1 atom stereocenters. The number of carbonyl (C=O) groups is 3. The fraction of sp³-hybridized carbons (Fsp3) is 0.450. The van der Waals surface area contributed by atoms with Gasteiger partial charge in [0.2, 0.25) is 11.0 Å². The molecule has 1 aliphatic heterocycles. The predicted octanol–water partition coefficient (Wildman–Crippen LogP) is 3.10. The van der Waals surface area contributed by atoms with Crippen LogP contribution in [0.25, 0.3) is 0 Å². The average Bonchev–Trinajstić information content (AvgIpc) is 3.21. The van der Waals surface area contributed by atoms with Crippen molar-refractivity contribution < 1.29 is 23.9 Å². The first-order valence-corrected chi connectivity index (χ1v) is 12.5. The van der Waals surface area contributed by atoms with Gasteiger partial charge in [0.25, 0.3) is 5.91 Å². The van der Waals surface area contributed by atoms with Crippen LogP contribution in [0.3, 0.4) is 0 Å². The number of amides is 2. The maximum absolute atomic E-state index is 12.2. The lowest BCUT2D eigenvalue weighted by molar-refractivity contribution is -0.144. The highest BCUT2D eigenvalue weighted by atomic mass is 35.5. The molecule has 0 saturated carbocycles. The maximum atomic E-state index is 12.2. The molecule has 0 radical (unpaired) electrons. The van der Waals surface area contributed by atoms with Crippen molar-refractivity contribution in [3.8, 4) is 0 Å².